The zero-order chi connectivity index (χ0) is 10.7. The van der Waals surface area contributed by atoms with Crippen molar-refractivity contribution in [1.82, 2.24) is 4.57 Å². The fourth-order valence-electron chi connectivity index (χ4n) is 1.51. The molecule has 0 fully saturated rings. The molecule has 1 heterocycles. The van der Waals surface area contributed by atoms with E-state index in [1.807, 2.05) is 29.1 Å². The lowest BCUT2D eigenvalue weighted by Gasteiger charge is -2.07. The van der Waals surface area contributed by atoms with E-state index in [4.69, 9.17) is 4.74 Å². The molecule has 0 radical (unpaired) electrons. The van der Waals surface area contributed by atoms with Crippen LogP contribution in [0.3, 0.4) is 0 Å². The molecule has 0 aliphatic carbocycles. The summed E-state index contributed by atoms with van der Waals surface area (Å²) < 4.78 is 20.6. The van der Waals surface area contributed by atoms with Gasteiger partial charge in [-0.2, -0.15) is 0 Å². The molecule has 0 bridgehead atoms. The first-order chi connectivity index (χ1) is 7.31. The average molecular weight is 205 g/mol. The molecule has 0 unspecified atom stereocenters. The minimum absolute atomic E-state index is 0.284. The molecule has 2 rings (SSSR count). The maximum Gasteiger partial charge on any atom is 0.170 e. The van der Waals surface area contributed by atoms with Crippen LogP contribution in [0.25, 0.3) is 0 Å². The Hall–Kier alpha value is -1.77. The van der Waals surface area contributed by atoms with E-state index in [1.165, 1.54) is 7.11 Å². The Morgan fingerprint density at radius 3 is 2.60 bits per heavy atom. The van der Waals surface area contributed by atoms with Gasteiger partial charge in [0, 0.05) is 18.0 Å². The minimum Gasteiger partial charge on any atom is -0.494 e. The zero-order valence-corrected chi connectivity index (χ0v) is 8.48. The van der Waals surface area contributed by atoms with Crippen LogP contribution in [-0.4, -0.2) is 11.7 Å². The van der Waals surface area contributed by atoms with Crippen molar-refractivity contribution in [3.8, 4) is 5.75 Å². The molecule has 0 amide bonds. The predicted molar refractivity (Wildman–Crippen MR) is 56.5 cm³/mol. The lowest BCUT2D eigenvalue weighted by Crippen LogP contribution is -2.00. The van der Waals surface area contributed by atoms with Crippen molar-refractivity contribution in [2.75, 3.05) is 7.11 Å². The van der Waals surface area contributed by atoms with Crippen molar-refractivity contribution in [1.29, 1.82) is 0 Å². The van der Waals surface area contributed by atoms with Gasteiger partial charge in [-0.1, -0.05) is 12.1 Å². The highest BCUT2D eigenvalue weighted by molar-refractivity contribution is 5.31. The summed E-state index contributed by atoms with van der Waals surface area (Å²) in [6, 6.07) is 9.00. The van der Waals surface area contributed by atoms with E-state index >= 15 is 0 Å². The summed E-state index contributed by atoms with van der Waals surface area (Å²) in [5.41, 5.74) is 0.630. The van der Waals surface area contributed by atoms with Crippen molar-refractivity contribution < 1.29 is 9.13 Å². The van der Waals surface area contributed by atoms with Crippen molar-refractivity contribution in [3.05, 3.63) is 54.1 Å². The molecule has 0 N–H and O–H groups in total. The van der Waals surface area contributed by atoms with Crippen LogP contribution in [-0.2, 0) is 6.54 Å². The normalized spacial score (nSPS) is 10.3. The molecule has 15 heavy (non-hydrogen) atoms. The molecule has 3 heteroatoms. The van der Waals surface area contributed by atoms with Gasteiger partial charge in [-0.05, 0) is 18.2 Å². The Morgan fingerprint density at radius 1 is 1.20 bits per heavy atom. The number of hydrogen-bond acceptors (Lipinski definition) is 1. The zero-order valence-electron chi connectivity index (χ0n) is 8.48. The molecule has 0 saturated carbocycles. The number of hydrogen-bond donors (Lipinski definition) is 0. The summed E-state index contributed by atoms with van der Waals surface area (Å²) in [6.45, 7) is 0.524. The third kappa shape index (κ3) is 2.01. The van der Waals surface area contributed by atoms with Gasteiger partial charge in [0.15, 0.2) is 11.6 Å². The minimum atomic E-state index is -0.284. The van der Waals surface area contributed by atoms with Crippen LogP contribution in [0, 0.1) is 5.82 Å². The van der Waals surface area contributed by atoms with Crippen LogP contribution in [0.15, 0.2) is 42.7 Å². The van der Waals surface area contributed by atoms with Crippen LogP contribution >= 0.6 is 0 Å². The van der Waals surface area contributed by atoms with Gasteiger partial charge in [-0.3, -0.25) is 0 Å². The summed E-state index contributed by atoms with van der Waals surface area (Å²) in [4.78, 5) is 0. The number of aromatic nitrogens is 1. The molecule has 1 aromatic heterocycles. The van der Waals surface area contributed by atoms with Crippen LogP contribution in [0.2, 0.25) is 0 Å². The highest BCUT2D eigenvalue weighted by Crippen LogP contribution is 2.20. The van der Waals surface area contributed by atoms with Gasteiger partial charge < -0.3 is 9.30 Å². The number of rotatable bonds is 3. The second-order valence-corrected chi connectivity index (χ2v) is 3.29. The Balaban J connectivity index is 2.29. The summed E-state index contributed by atoms with van der Waals surface area (Å²) in [5.74, 6) is 0.00774. The highest BCUT2D eigenvalue weighted by Gasteiger charge is 2.07. The Morgan fingerprint density at radius 2 is 1.93 bits per heavy atom. The van der Waals surface area contributed by atoms with E-state index in [0.717, 1.165) is 0 Å². The van der Waals surface area contributed by atoms with E-state index in [2.05, 4.69) is 0 Å². The molecular weight excluding hydrogens is 193 g/mol. The molecule has 0 aliphatic heterocycles. The highest BCUT2D eigenvalue weighted by atomic mass is 19.1. The lowest BCUT2D eigenvalue weighted by atomic mass is 10.2. The summed E-state index contributed by atoms with van der Waals surface area (Å²) >= 11 is 0. The van der Waals surface area contributed by atoms with Gasteiger partial charge in [0.2, 0.25) is 0 Å². The third-order valence-corrected chi connectivity index (χ3v) is 2.28. The quantitative estimate of drug-likeness (QED) is 0.751. The SMILES string of the molecule is COc1cccc(Cn2cccc2)c1F. The van der Waals surface area contributed by atoms with Crippen LogP contribution in [0.4, 0.5) is 4.39 Å². The molecule has 0 saturated heterocycles. The Kier molecular flexibility index (Phi) is 2.72. The first kappa shape index (κ1) is 9.77. The van der Waals surface area contributed by atoms with Crippen LogP contribution in [0.5, 0.6) is 5.75 Å². The summed E-state index contributed by atoms with van der Waals surface area (Å²) in [5, 5.41) is 0. The maximum absolute atomic E-state index is 13.7. The van der Waals surface area contributed by atoms with Crippen molar-refractivity contribution in [2.24, 2.45) is 0 Å². The molecule has 1 aromatic carbocycles. The summed E-state index contributed by atoms with van der Waals surface area (Å²) in [6.07, 6.45) is 3.80. The average Bonchev–Trinajstić information content (AvgIpc) is 2.74. The van der Waals surface area contributed by atoms with Crippen LogP contribution < -0.4 is 4.74 Å². The van der Waals surface area contributed by atoms with E-state index in [-0.39, 0.29) is 5.82 Å². The molecule has 0 atom stereocenters. The number of methoxy groups -OCH3 is 1. The second kappa shape index (κ2) is 4.17. The molecular formula is C12H12FNO. The number of ether oxygens (including phenoxy) is 1. The molecule has 0 aliphatic rings. The second-order valence-electron chi connectivity index (χ2n) is 3.29. The lowest BCUT2D eigenvalue weighted by molar-refractivity contribution is 0.383. The van der Waals surface area contributed by atoms with Crippen molar-refractivity contribution in [2.45, 2.75) is 6.54 Å². The fraction of sp³-hybridized carbons (Fsp3) is 0.167. The standard InChI is InChI=1S/C12H12FNO/c1-15-11-6-4-5-10(12(11)13)9-14-7-2-3-8-14/h2-8H,9H2,1H3. The van der Waals surface area contributed by atoms with Gasteiger partial charge in [0.25, 0.3) is 0 Å². The predicted octanol–water partition coefficient (Wildman–Crippen LogP) is 2.68. The number of nitrogens with zero attached hydrogens (tertiary/aromatic N) is 1. The molecule has 0 spiro atoms. The number of benzene rings is 1. The third-order valence-electron chi connectivity index (χ3n) is 2.28. The van der Waals surface area contributed by atoms with Crippen molar-refractivity contribution >= 4 is 0 Å². The molecule has 78 valence electrons. The van der Waals surface area contributed by atoms with Gasteiger partial charge in [0.1, 0.15) is 0 Å². The number of halogens is 1. The smallest absolute Gasteiger partial charge is 0.170 e. The van der Waals surface area contributed by atoms with E-state index in [1.54, 1.807) is 18.2 Å². The Bertz CT molecular complexity index is 437. The first-order valence-electron chi connectivity index (χ1n) is 4.73. The van der Waals surface area contributed by atoms with E-state index in [9.17, 15) is 4.39 Å². The first-order valence-corrected chi connectivity index (χ1v) is 4.73. The topological polar surface area (TPSA) is 14.2 Å². The van der Waals surface area contributed by atoms with Gasteiger partial charge in [0.05, 0.1) is 13.7 Å². The monoisotopic (exact) mass is 205 g/mol. The van der Waals surface area contributed by atoms with Crippen molar-refractivity contribution in [3.63, 3.8) is 0 Å². The van der Waals surface area contributed by atoms with E-state index in [0.29, 0.717) is 17.9 Å². The van der Waals surface area contributed by atoms with Crippen LogP contribution in [0.1, 0.15) is 5.56 Å². The van der Waals surface area contributed by atoms with Gasteiger partial charge in [-0.15, -0.1) is 0 Å². The molecule has 2 aromatic rings. The summed E-state index contributed by atoms with van der Waals surface area (Å²) in [7, 11) is 1.47. The largest absolute Gasteiger partial charge is 0.494 e. The van der Waals surface area contributed by atoms with Gasteiger partial charge >= 0.3 is 0 Å². The maximum atomic E-state index is 13.7. The molecule has 2 nitrogen and oxygen atoms in total. The van der Waals surface area contributed by atoms with Gasteiger partial charge in [-0.25, -0.2) is 4.39 Å². The van der Waals surface area contributed by atoms with E-state index < -0.39 is 0 Å². The fourth-order valence-corrected chi connectivity index (χ4v) is 1.51. The Labute approximate surface area is 87.9 Å².